The molecule has 28 heavy (non-hydrogen) atoms. The van der Waals surface area contributed by atoms with E-state index in [-0.39, 0.29) is 12.1 Å². The van der Waals surface area contributed by atoms with Gasteiger partial charge >= 0.3 is 5.97 Å². The molecule has 1 aliphatic heterocycles. The van der Waals surface area contributed by atoms with E-state index in [4.69, 9.17) is 0 Å². The number of carbonyl (C=O) groups is 1. The van der Waals surface area contributed by atoms with E-state index < -0.39 is 18.3 Å². The fourth-order valence-corrected chi connectivity index (χ4v) is 9.31. The Morgan fingerprint density at radius 1 is 0.893 bits per heavy atom. The fourth-order valence-electron chi connectivity index (χ4n) is 4.79. The van der Waals surface area contributed by atoms with Crippen molar-refractivity contribution in [3.8, 4) is 0 Å². The minimum Gasteiger partial charge on any atom is -0.481 e. The maximum Gasteiger partial charge on any atom is 0.304 e. The topological polar surface area (TPSA) is 54.4 Å². The fraction of sp³-hybridized carbons (Fsp3) is 0.208. The predicted molar refractivity (Wildman–Crippen MR) is 112 cm³/mol. The SMILES string of the molecule is O=C(O)C[C@]1(c2ccccc2)CC[C@@H](c2ccccc2)P1(=O)c1ccccc1. The van der Waals surface area contributed by atoms with Crippen molar-refractivity contribution in [1.82, 2.24) is 0 Å². The van der Waals surface area contributed by atoms with Crippen LogP contribution in [0.5, 0.6) is 0 Å². The molecule has 1 fully saturated rings. The molecule has 4 heteroatoms. The maximum absolute atomic E-state index is 15.1. The maximum atomic E-state index is 15.1. The van der Waals surface area contributed by atoms with Crippen LogP contribution in [-0.4, -0.2) is 11.1 Å². The normalized spacial score (nSPS) is 26.8. The van der Waals surface area contributed by atoms with Gasteiger partial charge in [-0.25, -0.2) is 0 Å². The molecule has 0 spiro atoms. The molecule has 1 aliphatic rings. The van der Waals surface area contributed by atoms with Crippen molar-refractivity contribution in [3.63, 3.8) is 0 Å². The van der Waals surface area contributed by atoms with Crippen LogP contribution in [0.15, 0.2) is 91.0 Å². The Morgan fingerprint density at radius 2 is 1.43 bits per heavy atom. The van der Waals surface area contributed by atoms with E-state index >= 15 is 4.57 Å². The average molecular weight is 390 g/mol. The molecule has 3 aromatic rings. The van der Waals surface area contributed by atoms with Gasteiger partial charge in [0.15, 0.2) is 0 Å². The van der Waals surface area contributed by atoms with Gasteiger partial charge in [-0.3, -0.25) is 4.79 Å². The highest BCUT2D eigenvalue weighted by atomic mass is 31.2. The number of hydrogen-bond donors (Lipinski definition) is 1. The lowest BCUT2D eigenvalue weighted by atomic mass is 9.89. The summed E-state index contributed by atoms with van der Waals surface area (Å²) in [7, 11) is -3.15. The molecular weight excluding hydrogens is 367 g/mol. The Bertz CT molecular complexity index is 1000. The van der Waals surface area contributed by atoms with Gasteiger partial charge in [0.1, 0.15) is 7.14 Å². The van der Waals surface area contributed by atoms with Crippen LogP contribution < -0.4 is 5.30 Å². The first-order valence-electron chi connectivity index (χ1n) is 9.56. The second kappa shape index (κ2) is 7.41. The largest absolute Gasteiger partial charge is 0.481 e. The predicted octanol–water partition coefficient (Wildman–Crippen LogP) is 5.58. The third kappa shape index (κ3) is 2.91. The first-order valence-corrected chi connectivity index (χ1v) is 11.3. The number of benzene rings is 3. The number of hydrogen-bond acceptors (Lipinski definition) is 2. The van der Waals surface area contributed by atoms with Gasteiger partial charge in [0.05, 0.1) is 11.6 Å². The Balaban J connectivity index is 2.00. The molecule has 4 rings (SSSR count). The summed E-state index contributed by atoms with van der Waals surface area (Å²) in [4.78, 5) is 12.0. The van der Waals surface area contributed by atoms with Gasteiger partial charge in [-0.1, -0.05) is 91.0 Å². The van der Waals surface area contributed by atoms with Crippen molar-refractivity contribution in [3.05, 3.63) is 102 Å². The highest BCUT2D eigenvalue weighted by Crippen LogP contribution is 2.79. The summed E-state index contributed by atoms with van der Waals surface area (Å²) in [5, 5.41) is 9.68. The molecule has 1 unspecified atom stereocenters. The molecule has 0 amide bonds. The molecule has 0 radical (unpaired) electrons. The molecule has 3 aromatic carbocycles. The summed E-state index contributed by atoms with van der Waals surface area (Å²) in [6, 6.07) is 29.0. The lowest BCUT2D eigenvalue weighted by Gasteiger charge is -2.38. The van der Waals surface area contributed by atoms with Crippen molar-refractivity contribution < 1.29 is 14.5 Å². The van der Waals surface area contributed by atoms with Crippen molar-refractivity contribution in [2.45, 2.75) is 30.1 Å². The lowest BCUT2D eigenvalue weighted by molar-refractivity contribution is -0.137. The van der Waals surface area contributed by atoms with Gasteiger partial charge < -0.3 is 9.67 Å². The summed E-state index contributed by atoms with van der Waals surface area (Å²) in [6.07, 6.45) is 1.17. The molecule has 3 atom stereocenters. The van der Waals surface area contributed by atoms with Gasteiger partial charge in [0.25, 0.3) is 0 Å². The van der Waals surface area contributed by atoms with Crippen LogP contribution in [0.4, 0.5) is 0 Å². The van der Waals surface area contributed by atoms with Gasteiger partial charge in [-0.15, -0.1) is 0 Å². The minimum atomic E-state index is -3.15. The van der Waals surface area contributed by atoms with E-state index in [0.29, 0.717) is 12.8 Å². The second-order valence-corrected chi connectivity index (χ2v) is 10.7. The van der Waals surface area contributed by atoms with Crippen molar-refractivity contribution in [1.29, 1.82) is 0 Å². The smallest absolute Gasteiger partial charge is 0.304 e. The summed E-state index contributed by atoms with van der Waals surface area (Å²) in [5.41, 5.74) is 1.71. The van der Waals surface area contributed by atoms with Gasteiger partial charge in [-0.05, 0) is 24.0 Å². The quantitative estimate of drug-likeness (QED) is 0.579. The van der Waals surface area contributed by atoms with Crippen LogP contribution in [0.1, 0.15) is 36.0 Å². The van der Waals surface area contributed by atoms with Crippen LogP contribution in [0.2, 0.25) is 0 Å². The molecule has 1 N–H and O–H groups in total. The Labute approximate surface area is 165 Å². The van der Waals surface area contributed by atoms with Gasteiger partial charge in [0, 0.05) is 11.0 Å². The standard InChI is InChI=1S/C24H23O3P/c25-23(26)18-24(20-12-6-2-7-13-20)17-16-22(19-10-4-1-5-11-19)28(24,27)21-14-8-3-9-15-21/h1-15,22H,16-18H2,(H,25,26)/t22-,24-,28?/m0/s1. The van der Waals surface area contributed by atoms with Crippen molar-refractivity contribution in [2.24, 2.45) is 0 Å². The Hall–Kier alpha value is -2.64. The third-order valence-corrected chi connectivity index (χ3v) is 10.4. The second-order valence-electron chi connectivity index (χ2n) is 7.43. The zero-order chi connectivity index (χ0) is 19.6. The summed E-state index contributed by atoms with van der Waals surface area (Å²) in [6.45, 7) is 0. The first-order chi connectivity index (χ1) is 13.6. The van der Waals surface area contributed by atoms with Crippen molar-refractivity contribution in [2.75, 3.05) is 0 Å². The van der Waals surface area contributed by atoms with E-state index in [1.165, 1.54) is 0 Å². The van der Waals surface area contributed by atoms with E-state index in [0.717, 1.165) is 16.4 Å². The Morgan fingerprint density at radius 3 is 2.00 bits per heavy atom. The summed E-state index contributed by atoms with van der Waals surface area (Å²) >= 11 is 0. The number of carboxylic acid groups (broad SMARTS) is 1. The van der Waals surface area contributed by atoms with E-state index in [1.807, 2.05) is 91.0 Å². The van der Waals surface area contributed by atoms with Crippen LogP contribution in [0.3, 0.4) is 0 Å². The molecule has 0 bridgehead atoms. The Kier molecular flexibility index (Phi) is 4.95. The lowest BCUT2D eigenvalue weighted by Crippen LogP contribution is -2.31. The molecule has 0 saturated carbocycles. The molecule has 1 heterocycles. The monoisotopic (exact) mass is 390 g/mol. The molecular formula is C24H23O3P. The van der Waals surface area contributed by atoms with E-state index in [2.05, 4.69) is 0 Å². The van der Waals surface area contributed by atoms with E-state index in [9.17, 15) is 9.90 Å². The summed E-state index contributed by atoms with van der Waals surface area (Å²) in [5.74, 6) is -0.909. The average Bonchev–Trinajstić information content (AvgIpc) is 3.04. The molecule has 142 valence electrons. The zero-order valence-corrected chi connectivity index (χ0v) is 16.5. The number of carboxylic acids is 1. The zero-order valence-electron chi connectivity index (χ0n) is 15.6. The van der Waals surface area contributed by atoms with Crippen LogP contribution in [-0.2, 0) is 14.5 Å². The summed E-state index contributed by atoms with van der Waals surface area (Å²) < 4.78 is 15.1. The van der Waals surface area contributed by atoms with Crippen LogP contribution in [0, 0.1) is 0 Å². The number of aliphatic carboxylic acids is 1. The van der Waals surface area contributed by atoms with Crippen LogP contribution >= 0.6 is 7.14 Å². The minimum absolute atomic E-state index is 0.132. The molecule has 0 aliphatic carbocycles. The highest BCUT2D eigenvalue weighted by Gasteiger charge is 2.60. The van der Waals surface area contributed by atoms with Crippen molar-refractivity contribution >= 4 is 18.4 Å². The third-order valence-electron chi connectivity index (χ3n) is 5.99. The molecule has 0 aromatic heterocycles. The first kappa shape index (κ1) is 18.7. The van der Waals surface area contributed by atoms with Gasteiger partial charge in [-0.2, -0.15) is 0 Å². The van der Waals surface area contributed by atoms with Crippen LogP contribution in [0.25, 0.3) is 0 Å². The van der Waals surface area contributed by atoms with Gasteiger partial charge in [0.2, 0.25) is 0 Å². The van der Waals surface area contributed by atoms with E-state index in [1.54, 1.807) is 0 Å². The molecule has 3 nitrogen and oxygen atoms in total. The number of rotatable bonds is 5. The molecule has 1 saturated heterocycles. The highest BCUT2D eigenvalue weighted by molar-refractivity contribution is 7.73.